The number of thiophene rings is 1. The van der Waals surface area contributed by atoms with Gasteiger partial charge in [0.25, 0.3) is 0 Å². The zero-order chi connectivity index (χ0) is 16.1. The molecule has 0 N–H and O–H groups in total. The molecule has 4 nitrogen and oxygen atoms in total. The van der Waals surface area contributed by atoms with Gasteiger partial charge in [0.2, 0.25) is 0 Å². The van der Waals surface area contributed by atoms with Crippen molar-refractivity contribution in [3.8, 4) is 11.4 Å². The fourth-order valence-electron chi connectivity index (χ4n) is 3.67. The standard InChI is InChI=1S/C19H18N4S/c1-12-7-5-6-8-13(12)17-21-18-16-14-9-3-2-4-10-15(14)24-19(16)20-11-23(18)22-17/h5-8,11H,2-4,9-10H2,1H3. The molecule has 0 fully saturated rings. The van der Waals surface area contributed by atoms with Crippen LogP contribution in [-0.4, -0.2) is 19.6 Å². The van der Waals surface area contributed by atoms with Gasteiger partial charge in [0.1, 0.15) is 11.2 Å². The molecule has 3 aromatic heterocycles. The third kappa shape index (κ3) is 2.08. The minimum absolute atomic E-state index is 0.788. The lowest BCUT2D eigenvalue weighted by molar-refractivity contribution is 0.713. The molecule has 5 heteroatoms. The van der Waals surface area contributed by atoms with Crippen molar-refractivity contribution in [3.05, 3.63) is 46.6 Å². The van der Waals surface area contributed by atoms with E-state index in [9.17, 15) is 0 Å². The van der Waals surface area contributed by atoms with Crippen LogP contribution in [0.4, 0.5) is 0 Å². The molecule has 0 saturated carbocycles. The summed E-state index contributed by atoms with van der Waals surface area (Å²) in [5.74, 6) is 0.788. The molecule has 0 spiro atoms. The SMILES string of the molecule is Cc1ccccc1-c1nc2c3c4c(sc3ncn2n1)CCCCC4. The first-order valence-electron chi connectivity index (χ1n) is 8.53. The first kappa shape index (κ1) is 14.1. The van der Waals surface area contributed by atoms with Crippen molar-refractivity contribution >= 4 is 27.2 Å². The lowest BCUT2D eigenvalue weighted by Crippen LogP contribution is -1.92. The molecule has 120 valence electrons. The summed E-state index contributed by atoms with van der Waals surface area (Å²) < 4.78 is 1.85. The van der Waals surface area contributed by atoms with E-state index < -0.39 is 0 Å². The number of hydrogen-bond donors (Lipinski definition) is 0. The van der Waals surface area contributed by atoms with Crippen LogP contribution in [0.3, 0.4) is 0 Å². The van der Waals surface area contributed by atoms with E-state index in [4.69, 9.17) is 10.1 Å². The van der Waals surface area contributed by atoms with E-state index in [2.05, 4.69) is 24.0 Å². The van der Waals surface area contributed by atoms with Crippen LogP contribution in [0.5, 0.6) is 0 Å². The topological polar surface area (TPSA) is 43.1 Å². The van der Waals surface area contributed by atoms with Crippen molar-refractivity contribution in [3.63, 3.8) is 0 Å². The molecule has 0 amide bonds. The molecule has 0 atom stereocenters. The Morgan fingerprint density at radius 1 is 1.08 bits per heavy atom. The Hall–Kier alpha value is -2.27. The van der Waals surface area contributed by atoms with Crippen LogP contribution in [0.25, 0.3) is 27.3 Å². The van der Waals surface area contributed by atoms with Gasteiger partial charge in [-0.05, 0) is 43.7 Å². The van der Waals surface area contributed by atoms with E-state index in [1.165, 1.54) is 47.1 Å². The monoisotopic (exact) mass is 334 g/mol. The first-order chi connectivity index (χ1) is 11.8. The highest BCUT2D eigenvalue weighted by Gasteiger charge is 2.20. The van der Waals surface area contributed by atoms with Gasteiger partial charge in [0.05, 0.1) is 5.39 Å². The van der Waals surface area contributed by atoms with Crippen molar-refractivity contribution in [1.29, 1.82) is 0 Å². The Bertz CT molecular complexity index is 1060. The highest BCUT2D eigenvalue weighted by molar-refractivity contribution is 7.19. The molecule has 5 rings (SSSR count). The second kappa shape index (κ2) is 5.38. The Kier molecular flexibility index (Phi) is 3.16. The highest BCUT2D eigenvalue weighted by atomic mass is 32.1. The Balaban J connectivity index is 1.79. The van der Waals surface area contributed by atoms with Gasteiger partial charge in [0.15, 0.2) is 11.5 Å². The van der Waals surface area contributed by atoms with E-state index in [-0.39, 0.29) is 0 Å². The molecule has 3 heterocycles. The number of aryl methyl sites for hydroxylation is 3. The maximum absolute atomic E-state index is 4.90. The van der Waals surface area contributed by atoms with Crippen molar-refractivity contribution in [2.75, 3.05) is 0 Å². The average molecular weight is 334 g/mol. The van der Waals surface area contributed by atoms with Gasteiger partial charge in [0, 0.05) is 10.4 Å². The van der Waals surface area contributed by atoms with Crippen molar-refractivity contribution < 1.29 is 0 Å². The second-order valence-electron chi connectivity index (χ2n) is 6.51. The lowest BCUT2D eigenvalue weighted by atomic mass is 10.1. The largest absolute Gasteiger partial charge is 0.225 e. The number of hydrogen-bond acceptors (Lipinski definition) is 4. The molecular formula is C19H18N4S. The van der Waals surface area contributed by atoms with E-state index in [0.29, 0.717) is 0 Å². The summed E-state index contributed by atoms with van der Waals surface area (Å²) in [6.07, 6.45) is 8.00. The smallest absolute Gasteiger partial charge is 0.182 e. The Labute approximate surface area is 144 Å². The van der Waals surface area contributed by atoms with Crippen LogP contribution in [0, 0.1) is 6.92 Å². The van der Waals surface area contributed by atoms with Gasteiger partial charge in [-0.15, -0.1) is 16.4 Å². The molecule has 0 bridgehead atoms. The summed E-state index contributed by atoms with van der Waals surface area (Å²) >= 11 is 1.84. The minimum Gasteiger partial charge on any atom is -0.225 e. The zero-order valence-corrected chi connectivity index (χ0v) is 14.4. The maximum atomic E-state index is 4.90. The van der Waals surface area contributed by atoms with Gasteiger partial charge < -0.3 is 0 Å². The van der Waals surface area contributed by atoms with Crippen LogP contribution in [0.1, 0.15) is 35.3 Å². The fraction of sp³-hybridized carbons (Fsp3) is 0.316. The maximum Gasteiger partial charge on any atom is 0.182 e. The van der Waals surface area contributed by atoms with Gasteiger partial charge in [-0.3, -0.25) is 0 Å². The van der Waals surface area contributed by atoms with Gasteiger partial charge in [-0.25, -0.2) is 14.5 Å². The molecule has 24 heavy (non-hydrogen) atoms. The molecular weight excluding hydrogens is 316 g/mol. The van der Waals surface area contributed by atoms with Crippen LogP contribution in [0.15, 0.2) is 30.6 Å². The number of benzene rings is 1. The molecule has 0 radical (unpaired) electrons. The lowest BCUT2D eigenvalue weighted by Gasteiger charge is -1.99. The molecule has 0 aliphatic heterocycles. The van der Waals surface area contributed by atoms with E-state index in [0.717, 1.165) is 28.3 Å². The van der Waals surface area contributed by atoms with Crippen LogP contribution in [-0.2, 0) is 12.8 Å². The van der Waals surface area contributed by atoms with Crippen LogP contribution < -0.4 is 0 Å². The summed E-state index contributed by atoms with van der Waals surface area (Å²) in [5.41, 5.74) is 4.71. The summed E-state index contributed by atoms with van der Waals surface area (Å²) in [5, 5.41) is 5.92. The molecule has 4 aromatic rings. The molecule has 1 aliphatic carbocycles. The first-order valence-corrected chi connectivity index (χ1v) is 9.34. The van der Waals surface area contributed by atoms with E-state index in [1.807, 2.05) is 34.3 Å². The molecule has 1 aromatic carbocycles. The van der Waals surface area contributed by atoms with Crippen molar-refractivity contribution in [2.24, 2.45) is 0 Å². The summed E-state index contributed by atoms with van der Waals surface area (Å²) in [6, 6.07) is 8.28. The fourth-order valence-corrected chi connectivity index (χ4v) is 4.89. The average Bonchev–Trinajstić information content (AvgIpc) is 3.09. The predicted molar refractivity (Wildman–Crippen MR) is 97.6 cm³/mol. The number of rotatable bonds is 1. The highest BCUT2D eigenvalue weighted by Crippen LogP contribution is 2.36. The number of fused-ring (bicyclic) bond motifs is 5. The minimum atomic E-state index is 0.788. The third-order valence-electron chi connectivity index (χ3n) is 4.93. The summed E-state index contributed by atoms with van der Waals surface area (Å²) in [7, 11) is 0. The second-order valence-corrected chi connectivity index (χ2v) is 7.59. The van der Waals surface area contributed by atoms with Gasteiger partial charge >= 0.3 is 0 Å². The third-order valence-corrected chi connectivity index (χ3v) is 6.13. The van der Waals surface area contributed by atoms with Crippen molar-refractivity contribution in [2.45, 2.75) is 39.0 Å². The predicted octanol–water partition coefficient (Wildman–Crippen LogP) is 4.58. The van der Waals surface area contributed by atoms with E-state index in [1.54, 1.807) is 0 Å². The summed E-state index contributed by atoms with van der Waals surface area (Å²) in [6.45, 7) is 2.10. The Morgan fingerprint density at radius 2 is 1.96 bits per heavy atom. The van der Waals surface area contributed by atoms with Gasteiger partial charge in [-0.2, -0.15) is 0 Å². The molecule has 0 unspecified atom stereocenters. The van der Waals surface area contributed by atoms with Crippen molar-refractivity contribution in [1.82, 2.24) is 19.6 Å². The zero-order valence-electron chi connectivity index (χ0n) is 13.6. The molecule has 1 aliphatic rings. The van der Waals surface area contributed by atoms with Crippen LogP contribution in [0.2, 0.25) is 0 Å². The Morgan fingerprint density at radius 3 is 2.88 bits per heavy atom. The normalized spacial score (nSPS) is 14.9. The quantitative estimate of drug-likeness (QED) is 0.478. The number of aromatic nitrogens is 4. The summed E-state index contributed by atoms with van der Waals surface area (Å²) in [4.78, 5) is 12.2. The van der Waals surface area contributed by atoms with E-state index >= 15 is 0 Å². The van der Waals surface area contributed by atoms with Crippen LogP contribution >= 0.6 is 11.3 Å². The van der Waals surface area contributed by atoms with Gasteiger partial charge in [-0.1, -0.05) is 30.7 Å². The number of nitrogens with zero attached hydrogens (tertiary/aromatic N) is 4. The molecule has 0 saturated heterocycles.